The van der Waals surface area contributed by atoms with Crippen LogP contribution in [0.3, 0.4) is 0 Å². The molecule has 1 aromatic heterocycles. The van der Waals surface area contributed by atoms with Gasteiger partial charge in [-0.3, -0.25) is 0 Å². The van der Waals surface area contributed by atoms with E-state index in [9.17, 15) is 0 Å². The molecule has 0 amide bonds. The summed E-state index contributed by atoms with van der Waals surface area (Å²) in [4.78, 5) is 0. The van der Waals surface area contributed by atoms with Crippen molar-refractivity contribution < 1.29 is 78.6 Å². The van der Waals surface area contributed by atoms with Gasteiger partial charge in [0.05, 0.1) is 0 Å². The molecule has 0 atom stereocenters. The van der Waals surface area contributed by atoms with Gasteiger partial charge in [0.25, 0.3) is 0 Å². The molecular weight excluding hydrogens is 350 g/mol. The minimum absolute atomic E-state index is 0. The van der Waals surface area contributed by atoms with Crippen molar-refractivity contribution in [3.63, 3.8) is 0 Å². The maximum Gasteiger partial charge on any atom is 1.00 e. The summed E-state index contributed by atoms with van der Waals surface area (Å²) < 4.78 is 0. The molecule has 5 heteroatoms. The van der Waals surface area contributed by atoms with Crippen LogP contribution >= 0.6 is 0 Å². The van der Waals surface area contributed by atoms with E-state index in [1.165, 1.54) is 0 Å². The first-order valence-electron chi connectivity index (χ1n) is 1.60. The Bertz CT molecular complexity index is 118. The Morgan fingerprint density at radius 3 is 2.38 bits per heavy atom. The fourth-order valence-corrected chi connectivity index (χ4v) is 0.207. The van der Waals surface area contributed by atoms with Crippen molar-refractivity contribution in [3.8, 4) is 0 Å². The third kappa shape index (κ3) is 4.48. The van der Waals surface area contributed by atoms with Crippen molar-refractivity contribution in [2.24, 2.45) is 0 Å². The Morgan fingerprint density at radius 1 is 1.62 bits per heavy atom. The predicted octanol–water partition coefficient (Wildman–Crippen LogP) is -3.46. The molecule has 0 saturated heterocycles. The second-order valence-corrected chi connectivity index (χ2v) is 0.987. The van der Waals surface area contributed by atoms with Gasteiger partial charge < -0.3 is 21.6 Å². The average Bonchev–Trinajstić information content (AvgIpc) is 1.86. The Labute approximate surface area is 110 Å². The molecule has 0 aromatic carbocycles. The van der Waals surface area contributed by atoms with Crippen molar-refractivity contribution in [3.05, 3.63) is 11.9 Å². The molecule has 1 aromatic rings. The Morgan fingerprint density at radius 2 is 2.25 bits per heavy atom. The van der Waals surface area contributed by atoms with Crippen molar-refractivity contribution >= 4 is 0 Å². The fraction of sp³-hybridized carbons (Fsp3) is 0.333. The van der Waals surface area contributed by atoms with Crippen LogP contribution in [-0.2, 0) is 20.4 Å². The van der Waals surface area contributed by atoms with Gasteiger partial charge in [0.15, 0.2) is 0 Å². The third-order valence-electron chi connectivity index (χ3n) is 0.451. The summed E-state index contributed by atoms with van der Waals surface area (Å²) in [5.41, 5.74) is 0.745. The van der Waals surface area contributed by atoms with Crippen LogP contribution in [0.5, 0.6) is 0 Å². The zero-order valence-corrected chi connectivity index (χ0v) is 12.4. The van der Waals surface area contributed by atoms with E-state index in [0.717, 1.165) is 5.69 Å². The van der Waals surface area contributed by atoms with Gasteiger partial charge in [0.1, 0.15) is 0 Å². The van der Waals surface area contributed by atoms with Gasteiger partial charge in [0, 0.05) is 20.4 Å². The fourth-order valence-electron chi connectivity index (χ4n) is 0.207. The van der Waals surface area contributed by atoms with Gasteiger partial charge in [-0.05, 0) is 0 Å². The zero-order valence-electron chi connectivity index (χ0n) is 4.72. The summed E-state index contributed by atoms with van der Waals surface area (Å²) in [7, 11) is 0. The molecule has 1 heterocycles. The van der Waals surface area contributed by atoms with E-state index in [1.54, 1.807) is 6.92 Å². The number of rotatable bonds is 0. The number of hydrogen-bond acceptors (Lipinski definition) is 2. The van der Waals surface area contributed by atoms with Gasteiger partial charge in [-0.2, -0.15) is 0 Å². The summed E-state index contributed by atoms with van der Waals surface area (Å²) in [6.45, 7) is 1.79. The van der Waals surface area contributed by atoms with Crippen LogP contribution in [0.4, 0.5) is 0 Å². The standard InChI is InChI=1S/C3H3N3.Rb.Re/c1-3-2-4-6-5-3;;/h1H3;;/q-2;+1;. The van der Waals surface area contributed by atoms with E-state index in [0.29, 0.717) is 0 Å². The molecule has 0 saturated carbocycles. The molecule has 1 radical (unpaired) electrons. The molecule has 1 rings (SSSR count). The third-order valence-corrected chi connectivity index (χ3v) is 0.451. The van der Waals surface area contributed by atoms with Crippen LogP contribution in [0.1, 0.15) is 5.69 Å². The molecule has 0 aliphatic carbocycles. The molecule has 3 nitrogen and oxygen atoms in total. The predicted molar refractivity (Wildman–Crippen MR) is 18.9 cm³/mol. The van der Waals surface area contributed by atoms with Crippen LogP contribution in [0, 0.1) is 13.1 Å². The Hall–Kier alpha value is 1.61. The minimum Gasteiger partial charge on any atom is -0.573 e. The van der Waals surface area contributed by atoms with E-state index in [1.807, 2.05) is 0 Å². The van der Waals surface area contributed by atoms with Crippen molar-refractivity contribution in [2.45, 2.75) is 6.92 Å². The van der Waals surface area contributed by atoms with Crippen LogP contribution in [0.15, 0.2) is 0 Å². The largest absolute Gasteiger partial charge is 1.00 e. The quantitative estimate of drug-likeness (QED) is 0.456. The SMILES string of the molecule is Cc1[c-]n[n-]n1.[Rb+].[Re]. The zero-order chi connectivity index (χ0) is 4.41. The van der Waals surface area contributed by atoms with E-state index in [2.05, 4.69) is 21.6 Å². The topological polar surface area (TPSA) is 39.9 Å². The summed E-state index contributed by atoms with van der Waals surface area (Å²) in [5, 5.41) is 10.1. The van der Waals surface area contributed by atoms with Gasteiger partial charge in [0.2, 0.25) is 0 Å². The maximum absolute atomic E-state index is 3.50. The summed E-state index contributed by atoms with van der Waals surface area (Å²) in [6, 6.07) is 0. The monoisotopic (exact) mass is 353 g/mol. The van der Waals surface area contributed by atoms with Crippen molar-refractivity contribution in [1.29, 1.82) is 0 Å². The molecule has 0 spiro atoms. The molecule has 0 bridgehead atoms. The maximum atomic E-state index is 3.50. The summed E-state index contributed by atoms with van der Waals surface area (Å²) in [6.07, 6.45) is 2.53. The molecule has 0 aliphatic heterocycles. The van der Waals surface area contributed by atoms with E-state index in [-0.39, 0.29) is 78.6 Å². The van der Waals surface area contributed by atoms with Crippen LogP contribution in [-0.4, -0.2) is 10.2 Å². The second-order valence-electron chi connectivity index (χ2n) is 0.987. The van der Waals surface area contributed by atoms with Gasteiger partial charge in [-0.25, -0.2) is 0 Å². The molecule has 0 aliphatic rings. The number of hydrogen-bond donors (Lipinski definition) is 0. The number of nitrogens with zero attached hydrogens (tertiary/aromatic N) is 3. The molecule has 39 valence electrons. The number of aromatic nitrogens is 3. The average molecular weight is 353 g/mol. The first kappa shape index (κ1) is 12.3. The van der Waals surface area contributed by atoms with Gasteiger partial charge >= 0.3 is 58.2 Å². The summed E-state index contributed by atoms with van der Waals surface area (Å²) in [5.74, 6) is 0. The molecule has 0 fully saturated rings. The van der Waals surface area contributed by atoms with Crippen LogP contribution < -0.4 is 63.4 Å². The Kier molecular flexibility index (Phi) is 10.3. The smallest absolute Gasteiger partial charge is 0.573 e. The van der Waals surface area contributed by atoms with E-state index < -0.39 is 0 Å². The van der Waals surface area contributed by atoms with Crippen molar-refractivity contribution in [2.75, 3.05) is 0 Å². The normalized spacial score (nSPS) is 6.62. The van der Waals surface area contributed by atoms with E-state index in [4.69, 9.17) is 0 Å². The van der Waals surface area contributed by atoms with Gasteiger partial charge in [-0.15, -0.1) is 5.69 Å². The van der Waals surface area contributed by atoms with Crippen LogP contribution in [0.2, 0.25) is 0 Å². The first-order valence-corrected chi connectivity index (χ1v) is 1.60. The first-order chi connectivity index (χ1) is 2.89. The molecule has 0 unspecified atom stereocenters. The molecular formula is C3H3N3RbRe-. The van der Waals surface area contributed by atoms with Crippen LogP contribution in [0.25, 0.3) is 0 Å². The van der Waals surface area contributed by atoms with Gasteiger partial charge in [-0.1, -0.05) is 6.92 Å². The minimum atomic E-state index is 0. The number of aryl methyl sites for hydroxylation is 1. The van der Waals surface area contributed by atoms with Crippen molar-refractivity contribution in [1.82, 2.24) is 15.4 Å². The molecule has 8 heavy (non-hydrogen) atoms. The second kappa shape index (κ2) is 6.72. The van der Waals surface area contributed by atoms with E-state index >= 15 is 0 Å². The Balaban J connectivity index is 0. The summed E-state index contributed by atoms with van der Waals surface area (Å²) >= 11 is 0. The molecule has 0 N–H and O–H groups in total.